The Morgan fingerprint density at radius 1 is 1.43 bits per heavy atom. The van der Waals surface area contributed by atoms with Crippen molar-refractivity contribution in [3.05, 3.63) is 42.5 Å². The zero-order valence-corrected chi connectivity index (χ0v) is 13.9. The molecule has 1 unspecified atom stereocenters. The second-order valence-corrected chi connectivity index (χ2v) is 7.36. The van der Waals surface area contributed by atoms with E-state index >= 15 is 0 Å². The van der Waals surface area contributed by atoms with Gasteiger partial charge >= 0.3 is 0 Å². The van der Waals surface area contributed by atoms with E-state index in [2.05, 4.69) is 21.9 Å². The number of sulfonamides is 1. The molecular formula is C16H23N3O3S. The van der Waals surface area contributed by atoms with Gasteiger partial charge in [0.2, 0.25) is 10.0 Å². The van der Waals surface area contributed by atoms with Gasteiger partial charge in [-0.1, -0.05) is 12.1 Å². The molecule has 126 valence electrons. The topological polar surface area (TPSA) is 87.3 Å². The van der Waals surface area contributed by atoms with Gasteiger partial charge in [0.05, 0.1) is 4.90 Å². The van der Waals surface area contributed by atoms with Gasteiger partial charge < -0.3 is 10.6 Å². The summed E-state index contributed by atoms with van der Waals surface area (Å²) in [4.78, 5) is 12.3. The number of amides is 1. The summed E-state index contributed by atoms with van der Waals surface area (Å²) in [6.45, 7) is 6.15. The SMILES string of the molecule is C=CCNS(=O)(=O)c1cccc(C(=O)NCC2CCCNC2)c1. The van der Waals surface area contributed by atoms with Crippen LogP contribution < -0.4 is 15.4 Å². The number of piperidine rings is 1. The molecule has 1 aliphatic heterocycles. The van der Waals surface area contributed by atoms with Crippen LogP contribution in [0.3, 0.4) is 0 Å². The summed E-state index contributed by atoms with van der Waals surface area (Å²) < 4.78 is 26.5. The maximum Gasteiger partial charge on any atom is 0.251 e. The Kier molecular flexibility index (Phi) is 6.32. The van der Waals surface area contributed by atoms with Gasteiger partial charge in [-0.2, -0.15) is 0 Å². The Morgan fingerprint density at radius 2 is 2.26 bits per heavy atom. The number of hydrogen-bond donors (Lipinski definition) is 3. The molecule has 0 radical (unpaired) electrons. The van der Waals surface area contributed by atoms with E-state index in [0.717, 1.165) is 25.9 Å². The van der Waals surface area contributed by atoms with Crippen LogP contribution in [0.15, 0.2) is 41.8 Å². The molecule has 0 spiro atoms. The third-order valence-corrected chi connectivity index (χ3v) is 5.20. The molecule has 1 aromatic rings. The third-order valence-electron chi connectivity index (χ3n) is 3.77. The quantitative estimate of drug-likeness (QED) is 0.645. The summed E-state index contributed by atoms with van der Waals surface area (Å²) in [5, 5.41) is 6.18. The van der Waals surface area contributed by atoms with Crippen LogP contribution in [-0.4, -0.2) is 40.5 Å². The molecule has 0 aromatic heterocycles. The van der Waals surface area contributed by atoms with Crippen LogP contribution in [0.2, 0.25) is 0 Å². The summed E-state index contributed by atoms with van der Waals surface area (Å²) in [7, 11) is -3.63. The highest BCUT2D eigenvalue weighted by atomic mass is 32.2. The zero-order valence-electron chi connectivity index (χ0n) is 13.0. The molecule has 3 N–H and O–H groups in total. The lowest BCUT2D eigenvalue weighted by Crippen LogP contribution is -2.38. The molecule has 1 aliphatic rings. The van der Waals surface area contributed by atoms with Crippen LogP contribution >= 0.6 is 0 Å². The fourth-order valence-corrected chi connectivity index (χ4v) is 3.54. The largest absolute Gasteiger partial charge is 0.352 e. The van der Waals surface area contributed by atoms with Crippen molar-refractivity contribution in [1.29, 1.82) is 0 Å². The summed E-state index contributed by atoms with van der Waals surface area (Å²) in [5.74, 6) is 0.171. The highest BCUT2D eigenvalue weighted by Crippen LogP contribution is 2.12. The van der Waals surface area contributed by atoms with Crippen molar-refractivity contribution >= 4 is 15.9 Å². The summed E-state index contributed by atoms with van der Waals surface area (Å²) in [5.41, 5.74) is 0.343. The van der Waals surface area contributed by atoms with Crippen molar-refractivity contribution in [2.24, 2.45) is 5.92 Å². The van der Waals surface area contributed by atoms with Crippen LogP contribution in [0, 0.1) is 5.92 Å². The maximum atomic E-state index is 12.2. The van der Waals surface area contributed by atoms with Crippen molar-refractivity contribution in [1.82, 2.24) is 15.4 Å². The van der Waals surface area contributed by atoms with E-state index in [1.54, 1.807) is 12.1 Å². The van der Waals surface area contributed by atoms with Gasteiger partial charge in [0.25, 0.3) is 5.91 Å². The van der Waals surface area contributed by atoms with Crippen LogP contribution in [0.25, 0.3) is 0 Å². The molecule has 1 amide bonds. The summed E-state index contributed by atoms with van der Waals surface area (Å²) >= 11 is 0. The average molecular weight is 337 g/mol. The van der Waals surface area contributed by atoms with E-state index in [4.69, 9.17) is 0 Å². The molecule has 1 fully saturated rings. The maximum absolute atomic E-state index is 12.2. The second kappa shape index (κ2) is 8.24. The van der Waals surface area contributed by atoms with Crippen LogP contribution in [-0.2, 0) is 10.0 Å². The fraction of sp³-hybridized carbons (Fsp3) is 0.438. The minimum absolute atomic E-state index is 0.0753. The minimum Gasteiger partial charge on any atom is -0.352 e. The lowest BCUT2D eigenvalue weighted by molar-refractivity contribution is 0.0944. The van der Waals surface area contributed by atoms with Crippen molar-refractivity contribution in [2.45, 2.75) is 17.7 Å². The Labute approximate surface area is 137 Å². The fourth-order valence-electron chi connectivity index (χ4n) is 2.49. The molecule has 6 nitrogen and oxygen atoms in total. The van der Waals surface area contributed by atoms with Gasteiger partial charge in [-0.15, -0.1) is 6.58 Å². The van der Waals surface area contributed by atoms with E-state index in [9.17, 15) is 13.2 Å². The van der Waals surface area contributed by atoms with E-state index in [1.807, 2.05) is 0 Å². The number of carbonyl (C=O) groups is 1. The van der Waals surface area contributed by atoms with Gasteiger partial charge in [-0.3, -0.25) is 4.79 Å². The van der Waals surface area contributed by atoms with E-state index in [1.165, 1.54) is 18.2 Å². The molecule has 0 bridgehead atoms. The minimum atomic E-state index is -3.63. The Hall–Kier alpha value is -1.70. The highest BCUT2D eigenvalue weighted by Gasteiger charge is 2.17. The monoisotopic (exact) mass is 337 g/mol. The average Bonchev–Trinajstić information content (AvgIpc) is 2.59. The number of rotatable bonds is 7. The van der Waals surface area contributed by atoms with Crippen molar-refractivity contribution in [3.8, 4) is 0 Å². The van der Waals surface area contributed by atoms with Crippen molar-refractivity contribution < 1.29 is 13.2 Å². The van der Waals surface area contributed by atoms with Crippen LogP contribution in [0.1, 0.15) is 23.2 Å². The molecule has 0 aliphatic carbocycles. The first-order valence-electron chi connectivity index (χ1n) is 7.72. The first kappa shape index (κ1) is 17.7. The molecular weight excluding hydrogens is 314 g/mol. The standard InChI is InChI=1S/C16H23N3O3S/c1-2-8-19-23(21,22)15-7-3-6-14(10-15)16(20)18-12-13-5-4-9-17-11-13/h2-3,6-7,10,13,17,19H,1,4-5,8-9,11-12H2,(H,18,20). The van der Waals surface area contributed by atoms with E-state index < -0.39 is 10.0 Å². The molecule has 7 heteroatoms. The number of carbonyl (C=O) groups excluding carboxylic acids is 1. The first-order chi connectivity index (χ1) is 11.0. The van der Waals surface area contributed by atoms with Gasteiger partial charge in [0.1, 0.15) is 0 Å². The molecule has 1 aromatic carbocycles. The van der Waals surface area contributed by atoms with Crippen LogP contribution in [0.5, 0.6) is 0 Å². The van der Waals surface area contributed by atoms with Gasteiger partial charge in [-0.25, -0.2) is 13.1 Å². The van der Waals surface area contributed by atoms with E-state index in [0.29, 0.717) is 18.0 Å². The van der Waals surface area contributed by atoms with Crippen molar-refractivity contribution in [3.63, 3.8) is 0 Å². The Balaban J connectivity index is 2.00. The highest BCUT2D eigenvalue weighted by molar-refractivity contribution is 7.89. The first-order valence-corrected chi connectivity index (χ1v) is 9.21. The molecule has 1 heterocycles. The van der Waals surface area contributed by atoms with Gasteiger partial charge in [0.15, 0.2) is 0 Å². The van der Waals surface area contributed by atoms with Crippen molar-refractivity contribution in [2.75, 3.05) is 26.2 Å². The molecule has 0 saturated carbocycles. The Morgan fingerprint density at radius 3 is 2.96 bits per heavy atom. The number of benzene rings is 1. The smallest absolute Gasteiger partial charge is 0.251 e. The lowest BCUT2D eigenvalue weighted by Gasteiger charge is -2.22. The second-order valence-electron chi connectivity index (χ2n) is 5.59. The summed E-state index contributed by atoms with van der Waals surface area (Å²) in [6.07, 6.45) is 3.67. The molecule has 23 heavy (non-hydrogen) atoms. The van der Waals surface area contributed by atoms with Gasteiger partial charge in [0, 0.05) is 18.7 Å². The number of hydrogen-bond acceptors (Lipinski definition) is 4. The van der Waals surface area contributed by atoms with E-state index in [-0.39, 0.29) is 17.3 Å². The normalized spacial score (nSPS) is 18.3. The van der Waals surface area contributed by atoms with Crippen LogP contribution in [0.4, 0.5) is 0 Å². The predicted octanol–water partition coefficient (Wildman–Crippen LogP) is 0.880. The Bertz CT molecular complexity index is 652. The molecule has 1 atom stereocenters. The predicted molar refractivity (Wildman–Crippen MR) is 89.8 cm³/mol. The summed E-state index contributed by atoms with van der Waals surface area (Å²) in [6, 6.07) is 6.04. The van der Waals surface area contributed by atoms with Gasteiger partial charge in [-0.05, 0) is 50.0 Å². The zero-order chi connectivity index (χ0) is 16.7. The third kappa shape index (κ3) is 5.16. The molecule has 2 rings (SSSR count). The lowest BCUT2D eigenvalue weighted by atomic mass is 10.00. The number of nitrogens with one attached hydrogen (secondary N) is 3. The molecule has 1 saturated heterocycles.